The second-order valence-electron chi connectivity index (χ2n) is 5.66. The first-order chi connectivity index (χ1) is 7.36. The molecule has 0 unspecified atom stereocenters. The minimum Gasteiger partial charge on any atom is -0.444 e. The van der Waals surface area contributed by atoms with Crippen LogP contribution >= 0.6 is 0 Å². The Morgan fingerprint density at radius 3 is 2.50 bits per heavy atom. The zero-order valence-corrected chi connectivity index (χ0v) is 9.99. The number of nitrogens with zero attached hydrogens (tertiary/aromatic N) is 2. The predicted molar refractivity (Wildman–Crippen MR) is 58.7 cm³/mol. The summed E-state index contributed by atoms with van der Waals surface area (Å²) in [5, 5.41) is 12.2. The number of amides is 1. The van der Waals surface area contributed by atoms with Gasteiger partial charge in [0.2, 0.25) is 0 Å². The summed E-state index contributed by atoms with van der Waals surface area (Å²) in [6.07, 6.45) is 1.69. The third-order valence-corrected chi connectivity index (χ3v) is 3.07. The van der Waals surface area contributed by atoms with Crippen LogP contribution in [0.15, 0.2) is 5.16 Å². The van der Waals surface area contributed by atoms with Gasteiger partial charge in [-0.3, -0.25) is 0 Å². The van der Waals surface area contributed by atoms with E-state index < -0.39 is 5.60 Å². The Hall–Kier alpha value is -1.26. The van der Waals surface area contributed by atoms with E-state index in [9.17, 15) is 4.79 Å². The third kappa shape index (κ3) is 1.99. The highest BCUT2D eigenvalue weighted by Gasteiger charge is 2.55. The zero-order chi connectivity index (χ0) is 12.0. The van der Waals surface area contributed by atoms with Gasteiger partial charge in [-0.05, 0) is 33.6 Å². The van der Waals surface area contributed by atoms with Crippen molar-refractivity contribution in [1.82, 2.24) is 4.90 Å². The lowest BCUT2D eigenvalue weighted by Crippen LogP contribution is -2.35. The summed E-state index contributed by atoms with van der Waals surface area (Å²) < 4.78 is 5.29. The number of oxime groups is 1. The van der Waals surface area contributed by atoms with Crippen molar-refractivity contribution >= 4 is 11.8 Å². The van der Waals surface area contributed by atoms with Crippen molar-refractivity contribution in [2.45, 2.75) is 39.2 Å². The Morgan fingerprint density at radius 1 is 1.50 bits per heavy atom. The zero-order valence-electron chi connectivity index (χ0n) is 9.99. The van der Waals surface area contributed by atoms with E-state index in [1.807, 2.05) is 20.8 Å². The van der Waals surface area contributed by atoms with Crippen LogP contribution in [0.5, 0.6) is 0 Å². The molecule has 0 aromatic heterocycles. The van der Waals surface area contributed by atoms with Crippen molar-refractivity contribution in [3.8, 4) is 0 Å². The molecule has 5 heteroatoms. The highest BCUT2D eigenvalue weighted by molar-refractivity contribution is 5.98. The minimum absolute atomic E-state index is 0.0361. The highest BCUT2D eigenvalue weighted by Crippen LogP contribution is 2.51. The largest absolute Gasteiger partial charge is 0.444 e. The van der Waals surface area contributed by atoms with E-state index in [4.69, 9.17) is 9.94 Å². The normalized spacial score (nSPS) is 25.2. The number of carbonyl (C=O) groups is 1. The molecule has 0 aromatic carbocycles. The molecule has 5 nitrogen and oxygen atoms in total. The first-order valence-corrected chi connectivity index (χ1v) is 5.56. The van der Waals surface area contributed by atoms with Gasteiger partial charge < -0.3 is 14.8 Å². The van der Waals surface area contributed by atoms with Crippen molar-refractivity contribution in [3.63, 3.8) is 0 Å². The van der Waals surface area contributed by atoms with E-state index in [-0.39, 0.29) is 11.5 Å². The molecular weight excluding hydrogens is 208 g/mol. The smallest absolute Gasteiger partial charge is 0.410 e. The Kier molecular flexibility index (Phi) is 2.36. The van der Waals surface area contributed by atoms with Crippen LogP contribution in [0.1, 0.15) is 33.6 Å². The van der Waals surface area contributed by atoms with E-state index in [1.54, 1.807) is 4.90 Å². The molecule has 0 bridgehead atoms. The van der Waals surface area contributed by atoms with Gasteiger partial charge in [-0.2, -0.15) is 0 Å². The maximum Gasteiger partial charge on any atom is 0.410 e. The fourth-order valence-electron chi connectivity index (χ4n) is 2.05. The van der Waals surface area contributed by atoms with Crippen LogP contribution in [0.4, 0.5) is 4.79 Å². The molecule has 0 atom stereocenters. The Balaban J connectivity index is 2.01. The highest BCUT2D eigenvalue weighted by atomic mass is 16.6. The summed E-state index contributed by atoms with van der Waals surface area (Å²) in [6.45, 7) is 6.55. The Bertz CT molecular complexity index is 340. The number of hydrogen-bond donors (Lipinski definition) is 1. The second kappa shape index (κ2) is 3.37. The SMILES string of the molecule is CC(C)(C)OC(=O)N1C/C(=N/O)C2(CC2)C1. The van der Waals surface area contributed by atoms with Gasteiger partial charge in [-0.15, -0.1) is 0 Å². The molecule has 2 rings (SSSR count). The molecule has 1 amide bonds. The molecule has 1 heterocycles. The molecule has 1 aliphatic heterocycles. The predicted octanol–water partition coefficient (Wildman–Crippen LogP) is 1.85. The molecule has 2 fully saturated rings. The summed E-state index contributed by atoms with van der Waals surface area (Å²) in [7, 11) is 0. The van der Waals surface area contributed by atoms with Crippen LogP contribution < -0.4 is 0 Å². The molecule has 2 aliphatic rings. The van der Waals surface area contributed by atoms with E-state index in [0.29, 0.717) is 13.1 Å². The van der Waals surface area contributed by atoms with E-state index >= 15 is 0 Å². The first-order valence-electron chi connectivity index (χ1n) is 5.56. The van der Waals surface area contributed by atoms with Crippen LogP contribution in [0, 0.1) is 5.41 Å². The average Bonchev–Trinajstić information content (AvgIpc) is 2.77. The fraction of sp³-hybridized carbons (Fsp3) is 0.818. The topological polar surface area (TPSA) is 62.1 Å². The number of rotatable bonds is 0. The van der Waals surface area contributed by atoms with Crippen LogP contribution in [-0.4, -0.2) is 40.6 Å². The van der Waals surface area contributed by atoms with Gasteiger partial charge in [-0.1, -0.05) is 5.16 Å². The summed E-state index contributed by atoms with van der Waals surface area (Å²) in [4.78, 5) is 13.4. The molecule has 1 saturated heterocycles. The standard InChI is InChI=1S/C11H18N2O3/c1-10(2,3)16-9(14)13-6-8(12-15)11(7-13)4-5-11/h15H,4-7H2,1-3H3/b12-8-. The van der Waals surface area contributed by atoms with Crippen molar-refractivity contribution in [1.29, 1.82) is 0 Å². The minimum atomic E-state index is -0.479. The molecule has 1 spiro atoms. The van der Waals surface area contributed by atoms with Crippen molar-refractivity contribution in [2.24, 2.45) is 10.6 Å². The van der Waals surface area contributed by atoms with Crippen LogP contribution in [0.25, 0.3) is 0 Å². The van der Waals surface area contributed by atoms with Crippen LogP contribution in [-0.2, 0) is 4.74 Å². The van der Waals surface area contributed by atoms with Gasteiger partial charge in [-0.25, -0.2) is 4.79 Å². The Labute approximate surface area is 95.1 Å². The number of ether oxygens (including phenoxy) is 1. The molecule has 0 aromatic rings. The molecular formula is C11H18N2O3. The van der Waals surface area contributed by atoms with E-state index in [1.165, 1.54) is 0 Å². The third-order valence-electron chi connectivity index (χ3n) is 3.07. The summed E-state index contributed by atoms with van der Waals surface area (Å²) in [5.41, 5.74) is 0.205. The lowest BCUT2D eigenvalue weighted by Gasteiger charge is -2.24. The van der Waals surface area contributed by atoms with Crippen molar-refractivity contribution in [3.05, 3.63) is 0 Å². The van der Waals surface area contributed by atoms with Gasteiger partial charge in [0.15, 0.2) is 0 Å². The quantitative estimate of drug-likeness (QED) is 0.506. The molecule has 16 heavy (non-hydrogen) atoms. The maximum atomic E-state index is 11.8. The summed E-state index contributed by atoms with van der Waals surface area (Å²) in [5.74, 6) is 0. The summed E-state index contributed by atoms with van der Waals surface area (Å²) in [6, 6.07) is 0. The summed E-state index contributed by atoms with van der Waals surface area (Å²) >= 11 is 0. The number of likely N-dealkylation sites (tertiary alicyclic amines) is 1. The molecule has 1 saturated carbocycles. The van der Waals surface area contributed by atoms with Gasteiger partial charge in [0.1, 0.15) is 5.60 Å². The van der Waals surface area contributed by atoms with Gasteiger partial charge in [0.05, 0.1) is 12.3 Å². The van der Waals surface area contributed by atoms with E-state index in [0.717, 1.165) is 18.6 Å². The van der Waals surface area contributed by atoms with Crippen LogP contribution in [0.3, 0.4) is 0 Å². The average molecular weight is 226 g/mol. The second-order valence-corrected chi connectivity index (χ2v) is 5.66. The molecule has 1 N–H and O–H groups in total. The lowest BCUT2D eigenvalue weighted by atomic mass is 10.1. The van der Waals surface area contributed by atoms with E-state index in [2.05, 4.69) is 5.16 Å². The number of carbonyl (C=O) groups excluding carboxylic acids is 1. The van der Waals surface area contributed by atoms with Crippen LogP contribution in [0.2, 0.25) is 0 Å². The van der Waals surface area contributed by atoms with Crippen molar-refractivity contribution in [2.75, 3.05) is 13.1 Å². The van der Waals surface area contributed by atoms with Gasteiger partial charge in [0.25, 0.3) is 0 Å². The molecule has 90 valence electrons. The molecule has 0 radical (unpaired) electrons. The Morgan fingerprint density at radius 2 is 2.12 bits per heavy atom. The lowest BCUT2D eigenvalue weighted by molar-refractivity contribution is 0.0289. The fourth-order valence-corrected chi connectivity index (χ4v) is 2.05. The maximum absolute atomic E-state index is 11.8. The monoisotopic (exact) mass is 226 g/mol. The first kappa shape index (κ1) is 11.2. The van der Waals surface area contributed by atoms with Crippen molar-refractivity contribution < 1.29 is 14.7 Å². The van der Waals surface area contributed by atoms with Gasteiger partial charge in [0, 0.05) is 12.0 Å². The van der Waals surface area contributed by atoms with Gasteiger partial charge >= 0.3 is 6.09 Å². The molecule has 1 aliphatic carbocycles. The number of hydrogen-bond acceptors (Lipinski definition) is 4.